The van der Waals surface area contributed by atoms with Crippen LogP contribution in [0.2, 0.25) is 0 Å². The summed E-state index contributed by atoms with van der Waals surface area (Å²) < 4.78 is 10.8. The SMILES string of the molecule is CCOCCN1CCN(CCOCC)[C@H](C(=O)N(C)C)C1. The summed E-state index contributed by atoms with van der Waals surface area (Å²) in [6, 6.07) is -0.0733. The minimum Gasteiger partial charge on any atom is -0.380 e. The van der Waals surface area contributed by atoms with Gasteiger partial charge < -0.3 is 14.4 Å². The van der Waals surface area contributed by atoms with Crippen LogP contribution in [-0.2, 0) is 14.3 Å². The average molecular weight is 301 g/mol. The number of likely N-dealkylation sites (N-methyl/N-ethyl adjacent to an activating group) is 1. The van der Waals surface area contributed by atoms with Gasteiger partial charge in [-0.2, -0.15) is 0 Å². The molecule has 0 aromatic carbocycles. The van der Waals surface area contributed by atoms with Gasteiger partial charge in [-0.25, -0.2) is 0 Å². The fourth-order valence-electron chi connectivity index (χ4n) is 2.54. The third kappa shape index (κ3) is 6.30. The Kier molecular flexibility index (Phi) is 8.84. The molecule has 1 aliphatic heterocycles. The lowest BCUT2D eigenvalue weighted by Gasteiger charge is -2.41. The fourth-order valence-corrected chi connectivity index (χ4v) is 2.54. The molecule has 1 atom stereocenters. The first-order valence-corrected chi connectivity index (χ1v) is 7.93. The molecule has 0 aromatic rings. The number of piperazine rings is 1. The molecule has 1 saturated heterocycles. The third-order valence-corrected chi connectivity index (χ3v) is 3.78. The van der Waals surface area contributed by atoms with Crippen molar-refractivity contribution in [3.63, 3.8) is 0 Å². The molecule has 124 valence electrons. The van der Waals surface area contributed by atoms with E-state index in [2.05, 4.69) is 9.80 Å². The second-order valence-corrected chi connectivity index (χ2v) is 5.48. The van der Waals surface area contributed by atoms with Crippen LogP contribution in [0.3, 0.4) is 0 Å². The minimum atomic E-state index is -0.0733. The Morgan fingerprint density at radius 1 is 1.10 bits per heavy atom. The number of ether oxygens (including phenoxy) is 2. The summed E-state index contributed by atoms with van der Waals surface area (Å²) in [6.07, 6.45) is 0. The van der Waals surface area contributed by atoms with E-state index >= 15 is 0 Å². The van der Waals surface area contributed by atoms with Crippen molar-refractivity contribution in [2.24, 2.45) is 0 Å². The molecule has 21 heavy (non-hydrogen) atoms. The van der Waals surface area contributed by atoms with Crippen LogP contribution in [0.25, 0.3) is 0 Å². The van der Waals surface area contributed by atoms with Gasteiger partial charge >= 0.3 is 0 Å². The van der Waals surface area contributed by atoms with E-state index in [-0.39, 0.29) is 11.9 Å². The Morgan fingerprint density at radius 2 is 1.71 bits per heavy atom. The van der Waals surface area contributed by atoms with Gasteiger partial charge in [0.05, 0.1) is 13.2 Å². The predicted molar refractivity (Wildman–Crippen MR) is 83.5 cm³/mol. The molecule has 1 amide bonds. The molecule has 0 N–H and O–H groups in total. The highest BCUT2D eigenvalue weighted by Crippen LogP contribution is 2.11. The van der Waals surface area contributed by atoms with Gasteiger partial charge in [0, 0.05) is 60.0 Å². The molecular formula is C15H31N3O3. The van der Waals surface area contributed by atoms with Gasteiger partial charge in [-0.05, 0) is 13.8 Å². The van der Waals surface area contributed by atoms with Crippen molar-refractivity contribution in [3.8, 4) is 0 Å². The van der Waals surface area contributed by atoms with Gasteiger partial charge in [0.1, 0.15) is 6.04 Å². The molecule has 0 aliphatic carbocycles. The molecule has 6 nitrogen and oxygen atoms in total. The molecule has 0 aromatic heterocycles. The van der Waals surface area contributed by atoms with E-state index in [0.717, 1.165) is 52.5 Å². The number of nitrogens with zero attached hydrogens (tertiary/aromatic N) is 3. The second-order valence-electron chi connectivity index (χ2n) is 5.48. The molecule has 0 bridgehead atoms. The molecular weight excluding hydrogens is 270 g/mol. The Bertz CT molecular complexity index is 300. The first-order chi connectivity index (χ1) is 10.1. The Hall–Kier alpha value is -0.690. The molecule has 1 aliphatic rings. The van der Waals surface area contributed by atoms with Crippen molar-refractivity contribution < 1.29 is 14.3 Å². The Balaban J connectivity index is 2.54. The molecule has 0 unspecified atom stereocenters. The number of carbonyl (C=O) groups is 1. The normalized spacial score (nSPS) is 20.7. The van der Waals surface area contributed by atoms with E-state index in [1.54, 1.807) is 4.90 Å². The monoisotopic (exact) mass is 301 g/mol. The lowest BCUT2D eigenvalue weighted by Crippen LogP contribution is -2.59. The Labute approximate surface area is 129 Å². The summed E-state index contributed by atoms with van der Waals surface area (Å²) >= 11 is 0. The zero-order valence-corrected chi connectivity index (χ0v) is 14.0. The van der Waals surface area contributed by atoms with E-state index in [1.165, 1.54) is 0 Å². The molecule has 0 saturated carbocycles. The van der Waals surface area contributed by atoms with Crippen LogP contribution >= 0.6 is 0 Å². The molecule has 6 heteroatoms. The number of rotatable bonds is 9. The maximum atomic E-state index is 12.4. The topological polar surface area (TPSA) is 45.3 Å². The number of hydrogen-bond acceptors (Lipinski definition) is 5. The minimum absolute atomic E-state index is 0.0733. The van der Waals surface area contributed by atoms with E-state index < -0.39 is 0 Å². The zero-order chi connectivity index (χ0) is 15.7. The fraction of sp³-hybridized carbons (Fsp3) is 0.933. The van der Waals surface area contributed by atoms with Gasteiger partial charge in [0.15, 0.2) is 0 Å². The van der Waals surface area contributed by atoms with Crippen LogP contribution < -0.4 is 0 Å². The number of hydrogen-bond donors (Lipinski definition) is 0. The summed E-state index contributed by atoms with van der Waals surface area (Å²) in [5.74, 6) is 0.174. The highest BCUT2D eigenvalue weighted by atomic mass is 16.5. The van der Waals surface area contributed by atoms with Gasteiger partial charge in [0.2, 0.25) is 5.91 Å². The van der Waals surface area contributed by atoms with E-state index in [0.29, 0.717) is 6.61 Å². The lowest BCUT2D eigenvalue weighted by molar-refractivity contribution is -0.137. The van der Waals surface area contributed by atoms with Crippen molar-refractivity contribution in [2.45, 2.75) is 19.9 Å². The van der Waals surface area contributed by atoms with Crippen LogP contribution in [0.15, 0.2) is 0 Å². The maximum Gasteiger partial charge on any atom is 0.240 e. The highest BCUT2D eigenvalue weighted by molar-refractivity contribution is 5.81. The van der Waals surface area contributed by atoms with E-state index in [1.807, 2.05) is 27.9 Å². The maximum absolute atomic E-state index is 12.4. The van der Waals surface area contributed by atoms with Crippen molar-refractivity contribution in [1.82, 2.24) is 14.7 Å². The molecule has 0 radical (unpaired) electrons. The van der Waals surface area contributed by atoms with Crippen LogP contribution in [-0.4, -0.2) is 99.9 Å². The molecule has 0 spiro atoms. The van der Waals surface area contributed by atoms with E-state index in [9.17, 15) is 4.79 Å². The largest absolute Gasteiger partial charge is 0.380 e. The van der Waals surface area contributed by atoms with Gasteiger partial charge in [-0.15, -0.1) is 0 Å². The summed E-state index contributed by atoms with van der Waals surface area (Å²) in [5.41, 5.74) is 0. The quantitative estimate of drug-likeness (QED) is 0.567. The second kappa shape index (κ2) is 10.1. The van der Waals surface area contributed by atoms with Crippen LogP contribution in [0.1, 0.15) is 13.8 Å². The molecule has 1 fully saturated rings. The van der Waals surface area contributed by atoms with Crippen molar-refractivity contribution >= 4 is 5.91 Å². The van der Waals surface area contributed by atoms with Gasteiger partial charge in [0.25, 0.3) is 0 Å². The van der Waals surface area contributed by atoms with Crippen LogP contribution in [0.5, 0.6) is 0 Å². The van der Waals surface area contributed by atoms with Crippen molar-refractivity contribution in [2.75, 3.05) is 73.2 Å². The standard InChI is InChI=1S/C15H31N3O3/c1-5-20-11-9-17-7-8-18(10-12-21-6-2)14(13-17)15(19)16(3)4/h14H,5-13H2,1-4H3/t14-/m0/s1. The molecule has 1 rings (SSSR count). The van der Waals surface area contributed by atoms with E-state index in [4.69, 9.17) is 9.47 Å². The first-order valence-electron chi connectivity index (χ1n) is 7.93. The van der Waals surface area contributed by atoms with Crippen molar-refractivity contribution in [3.05, 3.63) is 0 Å². The summed E-state index contributed by atoms with van der Waals surface area (Å²) in [6.45, 7) is 11.3. The Morgan fingerprint density at radius 3 is 2.29 bits per heavy atom. The number of amides is 1. The number of carbonyl (C=O) groups excluding carboxylic acids is 1. The van der Waals surface area contributed by atoms with Crippen LogP contribution in [0, 0.1) is 0 Å². The lowest BCUT2D eigenvalue weighted by atomic mass is 10.1. The summed E-state index contributed by atoms with van der Waals surface area (Å²) in [4.78, 5) is 18.7. The predicted octanol–water partition coefficient (Wildman–Crippen LogP) is 0.134. The van der Waals surface area contributed by atoms with Crippen LogP contribution in [0.4, 0.5) is 0 Å². The summed E-state index contributed by atoms with van der Waals surface area (Å²) in [7, 11) is 3.64. The molecule has 1 heterocycles. The first kappa shape index (κ1) is 18.4. The highest BCUT2D eigenvalue weighted by Gasteiger charge is 2.32. The smallest absolute Gasteiger partial charge is 0.240 e. The zero-order valence-electron chi connectivity index (χ0n) is 14.0. The van der Waals surface area contributed by atoms with Gasteiger partial charge in [-0.3, -0.25) is 14.6 Å². The summed E-state index contributed by atoms with van der Waals surface area (Å²) in [5, 5.41) is 0. The third-order valence-electron chi connectivity index (χ3n) is 3.78. The van der Waals surface area contributed by atoms with Crippen molar-refractivity contribution in [1.29, 1.82) is 0 Å². The van der Waals surface area contributed by atoms with Gasteiger partial charge in [-0.1, -0.05) is 0 Å². The average Bonchev–Trinajstić information content (AvgIpc) is 2.48.